The molecule has 7 nitrogen and oxygen atoms in total. The molecular weight excluding hydrogens is 392 g/mol. The molecule has 1 saturated carbocycles. The summed E-state index contributed by atoms with van der Waals surface area (Å²) < 4.78 is 7.22. The maximum atomic E-state index is 13.3. The van der Waals surface area contributed by atoms with E-state index in [1.165, 1.54) is 0 Å². The van der Waals surface area contributed by atoms with Crippen LogP contribution in [-0.4, -0.2) is 47.8 Å². The molecule has 2 aromatic rings. The Morgan fingerprint density at radius 2 is 2.03 bits per heavy atom. The van der Waals surface area contributed by atoms with Gasteiger partial charge < -0.3 is 19.5 Å². The van der Waals surface area contributed by atoms with E-state index in [9.17, 15) is 9.59 Å². The first kappa shape index (κ1) is 20.2. The number of piperidine rings is 1. The second-order valence-corrected chi connectivity index (χ2v) is 9.35. The van der Waals surface area contributed by atoms with E-state index in [4.69, 9.17) is 4.74 Å². The summed E-state index contributed by atoms with van der Waals surface area (Å²) >= 11 is 0. The summed E-state index contributed by atoms with van der Waals surface area (Å²) in [6.07, 6.45) is 6.83. The summed E-state index contributed by atoms with van der Waals surface area (Å²) in [5.74, 6) is 1.36. The Morgan fingerprint density at radius 1 is 1.19 bits per heavy atom. The predicted molar refractivity (Wildman–Crippen MR) is 119 cm³/mol. The number of nitrogens with one attached hydrogen (secondary N) is 1. The van der Waals surface area contributed by atoms with Gasteiger partial charge in [0.1, 0.15) is 11.4 Å². The molecule has 2 fully saturated rings. The highest BCUT2D eigenvalue weighted by Gasteiger charge is 2.38. The van der Waals surface area contributed by atoms with E-state index in [-0.39, 0.29) is 28.5 Å². The number of aromatic nitrogens is 2. The fourth-order valence-electron chi connectivity index (χ4n) is 5.79. The number of nitrogens with zero attached hydrogens (tertiary/aromatic N) is 3. The van der Waals surface area contributed by atoms with E-state index in [2.05, 4.69) is 15.2 Å². The number of carbonyl (C=O) groups excluding carboxylic acids is 1. The Morgan fingerprint density at radius 3 is 2.77 bits per heavy atom. The molecule has 3 aliphatic rings. The topological polar surface area (TPSA) is 76.5 Å². The highest BCUT2D eigenvalue weighted by molar-refractivity contribution is 5.94. The number of fused-ring (bicyclic) bond motifs is 4. The molecular formula is C24H30N4O3. The van der Waals surface area contributed by atoms with Crippen molar-refractivity contribution in [1.82, 2.24) is 14.9 Å². The van der Waals surface area contributed by atoms with Gasteiger partial charge in [-0.25, -0.2) is 4.98 Å². The fourth-order valence-corrected chi connectivity index (χ4v) is 5.79. The molecule has 0 unspecified atom stereocenters. The Hall–Kier alpha value is -2.67. The molecule has 2 atom stereocenters. The number of carbonyl (C=O) groups is 1. The maximum absolute atomic E-state index is 13.3. The number of rotatable bonds is 5. The third-order valence-electron chi connectivity index (χ3n) is 7.18. The summed E-state index contributed by atoms with van der Waals surface area (Å²) in [5.41, 5.74) is 0.763. The van der Waals surface area contributed by atoms with Crippen LogP contribution in [-0.2, 0) is 11.3 Å². The van der Waals surface area contributed by atoms with Crippen LogP contribution >= 0.6 is 0 Å². The summed E-state index contributed by atoms with van der Waals surface area (Å²) in [6, 6.07) is 9.69. The first-order valence-corrected chi connectivity index (χ1v) is 11.3. The van der Waals surface area contributed by atoms with Crippen LogP contribution in [0.5, 0.6) is 0 Å². The Bertz CT molecular complexity index is 1010. The molecule has 2 aliphatic heterocycles. The summed E-state index contributed by atoms with van der Waals surface area (Å²) in [6.45, 7) is 2.86. The molecule has 5 rings (SSSR count). The highest BCUT2D eigenvalue weighted by atomic mass is 16.5. The summed E-state index contributed by atoms with van der Waals surface area (Å²) in [4.78, 5) is 33.2. The molecule has 0 aromatic carbocycles. The smallest absolute Gasteiger partial charge is 0.263 e. The van der Waals surface area contributed by atoms with Gasteiger partial charge in [0.25, 0.3) is 11.5 Å². The molecule has 1 N–H and O–H groups in total. The molecule has 2 bridgehead atoms. The van der Waals surface area contributed by atoms with Gasteiger partial charge in [0.2, 0.25) is 0 Å². The zero-order valence-corrected chi connectivity index (χ0v) is 18.0. The van der Waals surface area contributed by atoms with Crippen LogP contribution in [0.1, 0.15) is 54.1 Å². The molecule has 1 amide bonds. The summed E-state index contributed by atoms with van der Waals surface area (Å²) in [7, 11) is 1.66. The van der Waals surface area contributed by atoms with Crippen LogP contribution in [0.25, 0.3) is 0 Å². The van der Waals surface area contributed by atoms with E-state index in [1.54, 1.807) is 13.2 Å². The minimum atomic E-state index is -0.349. The van der Waals surface area contributed by atoms with Gasteiger partial charge in [-0.05, 0) is 49.4 Å². The van der Waals surface area contributed by atoms with Gasteiger partial charge in [0.15, 0.2) is 0 Å². The van der Waals surface area contributed by atoms with Crippen molar-refractivity contribution in [2.45, 2.75) is 50.1 Å². The van der Waals surface area contributed by atoms with Gasteiger partial charge in [-0.2, -0.15) is 0 Å². The second kappa shape index (κ2) is 8.11. The lowest BCUT2D eigenvalue weighted by atomic mass is 9.83. The SMILES string of the molecule is COCC1(NC(=O)c2ccc3n(c2=O)C[C@H]2C[C@@H]3CN(c3ccccn3)C2)CCCC1. The van der Waals surface area contributed by atoms with Crippen molar-refractivity contribution in [2.75, 3.05) is 31.7 Å². The number of hydrogen-bond donors (Lipinski definition) is 1. The third-order valence-corrected chi connectivity index (χ3v) is 7.18. The molecule has 31 heavy (non-hydrogen) atoms. The molecule has 1 saturated heterocycles. The van der Waals surface area contributed by atoms with Crippen LogP contribution in [0, 0.1) is 5.92 Å². The molecule has 7 heteroatoms. The quantitative estimate of drug-likeness (QED) is 0.801. The molecule has 164 valence electrons. The average molecular weight is 423 g/mol. The predicted octanol–water partition coefficient (Wildman–Crippen LogP) is 2.56. The van der Waals surface area contributed by atoms with Crippen molar-refractivity contribution < 1.29 is 9.53 Å². The normalized spacial score (nSPS) is 24.0. The van der Waals surface area contributed by atoms with Crippen LogP contribution in [0.2, 0.25) is 0 Å². The standard InChI is InChI=1S/C24H30N4O3/c1-31-16-24(9-3-4-10-24)26-22(29)19-7-8-20-18-12-17(14-28(20)23(19)30)13-27(15-18)21-6-2-5-11-25-21/h2,5-8,11,17-18H,3-4,9-10,12-16H2,1H3,(H,26,29)/t17-,18+/m0/s1. The Labute approximate surface area is 182 Å². The lowest BCUT2D eigenvalue weighted by Gasteiger charge is -2.43. The van der Waals surface area contributed by atoms with Crippen molar-refractivity contribution in [3.05, 3.63) is 58.1 Å². The van der Waals surface area contributed by atoms with E-state index < -0.39 is 0 Å². The number of amides is 1. The lowest BCUT2D eigenvalue weighted by Crippen LogP contribution is -2.52. The molecule has 1 aliphatic carbocycles. The minimum absolute atomic E-state index is 0.165. The van der Waals surface area contributed by atoms with Crippen molar-refractivity contribution in [2.24, 2.45) is 5.92 Å². The van der Waals surface area contributed by atoms with Crippen LogP contribution in [0.15, 0.2) is 41.3 Å². The van der Waals surface area contributed by atoms with Crippen LogP contribution in [0.3, 0.4) is 0 Å². The van der Waals surface area contributed by atoms with Crippen molar-refractivity contribution in [1.29, 1.82) is 0 Å². The van der Waals surface area contributed by atoms with E-state index in [1.807, 2.05) is 35.0 Å². The van der Waals surface area contributed by atoms with Gasteiger partial charge in [-0.1, -0.05) is 18.9 Å². The van der Waals surface area contributed by atoms with Crippen molar-refractivity contribution in [3.63, 3.8) is 0 Å². The van der Waals surface area contributed by atoms with E-state index in [0.717, 1.165) is 56.7 Å². The largest absolute Gasteiger partial charge is 0.382 e. The van der Waals surface area contributed by atoms with Crippen LogP contribution in [0.4, 0.5) is 5.82 Å². The summed E-state index contributed by atoms with van der Waals surface area (Å²) in [5, 5.41) is 3.14. The number of anilines is 1. The molecule has 0 radical (unpaired) electrons. The molecule has 4 heterocycles. The fraction of sp³-hybridized carbons (Fsp3) is 0.542. The molecule has 2 aromatic heterocycles. The van der Waals surface area contributed by atoms with Crippen molar-refractivity contribution in [3.8, 4) is 0 Å². The van der Waals surface area contributed by atoms with Gasteiger partial charge >= 0.3 is 0 Å². The monoisotopic (exact) mass is 422 g/mol. The minimum Gasteiger partial charge on any atom is -0.382 e. The number of methoxy groups -OCH3 is 1. The highest BCUT2D eigenvalue weighted by Crippen LogP contribution is 2.36. The zero-order valence-electron chi connectivity index (χ0n) is 18.0. The lowest BCUT2D eigenvalue weighted by molar-refractivity contribution is 0.0764. The third kappa shape index (κ3) is 3.76. The molecule has 0 spiro atoms. The second-order valence-electron chi connectivity index (χ2n) is 9.35. The number of pyridine rings is 2. The van der Waals surface area contributed by atoms with E-state index in [0.29, 0.717) is 19.1 Å². The average Bonchev–Trinajstić information content (AvgIpc) is 3.23. The number of ether oxygens (including phenoxy) is 1. The van der Waals surface area contributed by atoms with Gasteiger partial charge in [0, 0.05) is 44.6 Å². The van der Waals surface area contributed by atoms with Gasteiger partial charge in [-0.3, -0.25) is 9.59 Å². The maximum Gasteiger partial charge on any atom is 0.263 e. The number of hydrogen-bond acceptors (Lipinski definition) is 5. The zero-order chi connectivity index (χ0) is 21.4. The first-order chi connectivity index (χ1) is 15.1. The Balaban J connectivity index is 1.40. The van der Waals surface area contributed by atoms with Gasteiger partial charge in [-0.15, -0.1) is 0 Å². The van der Waals surface area contributed by atoms with Gasteiger partial charge in [0.05, 0.1) is 12.1 Å². The van der Waals surface area contributed by atoms with Crippen molar-refractivity contribution >= 4 is 11.7 Å². The van der Waals surface area contributed by atoms with E-state index >= 15 is 0 Å². The first-order valence-electron chi connectivity index (χ1n) is 11.3. The van der Waals surface area contributed by atoms with Crippen LogP contribution < -0.4 is 15.8 Å². The Kier molecular flexibility index (Phi) is 5.30.